The normalized spacial score (nSPS) is 10.0. The fourth-order valence-corrected chi connectivity index (χ4v) is 1.54. The van der Waals surface area contributed by atoms with Crippen LogP contribution in [0.2, 0.25) is 0 Å². The molecule has 0 aliphatic carbocycles. The summed E-state index contributed by atoms with van der Waals surface area (Å²) in [6.45, 7) is 0. The number of nitro groups is 1. The lowest BCUT2D eigenvalue weighted by atomic mass is 10.0. The average molecular weight is 242 g/mol. The Labute approximate surface area is 103 Å². The Balaban J connectivity index is 2.28. The Morgan fingerprint density at radius 3 is 1.83 bits per heavy atom. The number of hydrogen-bond donors (Lipinski definition) is 1. The van der Waals surface area contributed by atoms with Crippen LogP contribution in [0.4, 0.5) is 11.4 Å². The van der Waals surface area contributed by atoms with E-state index in [1.807, 2.05) is 0 Å². The van der Waals surface area contributed by atoms with Crippen LogP contribution < -0.4 is 5.73 Å². The van der Waals surface area contributed by atoms with E-state index < -0.39 is 4.92 Å². The van der Waals surface area contributed by atoms with Gasteiger partial charge in [-0.1, -0.05) is 0 Å². The van der Waals surface area contributed by atoms with Crippen LogP contribution in [0, 0.1) is 10.1 Å². The molecule has 5 nitrogen and oxygen atoms in total. The third-order valence-corrected chi connectivity index (χ3v) is 2.51. The summed E-state index contributed by atoms with van der Waals surface area (Å²) in [5.41, 5.74) is 6.98. The number of nitrogens with two attached hydrogens (primary N) is 1. The lowest BCUT2D eigenvalue weighted by Gasteiger charge is -2.01. The van der Waals surface area contributed by atoms with Crippen LogP contribution in [-0.2, 0) is 0 Å². The van der Waals surface area contributed by atoms with Gasteiger partial charge in [-0.05, 0) is 36.4 Å². The number of nitro benzene ring substituents is 1. The van der Waals surface area contributed by atoms with Gasteiger partial charge in [0.25, 0.3) is 5.69 Å². The standard InChI is InChI=1S/C13H10N2O3/c14-11-5-1-9(2-6-11)13(16)10-3-7-12(8-4-10)15(17)18/h1-8H,14H2. The molecule has 18 heavy (non-hydrogen) atoms. The predicted molar refractivity (Wildman–Crippen MR) is 67.4 cm³/mol. The summed E-state index contributed by atoms with van der Waals surface area (Å²) in [5, 5.41) is 10.5. The van der Waals surface area contributed by atoms with Crippen molar-refractivity contribution in [2.75, 3.05) is 5.73 Å². The highest BCUT2D eigenvalue weighted by Crippen LogP contribution is 2.16. The molecule has 0 atom stereocenters. The van der Waals surface area contributed by atoms with E-state index in [4.69, 9.17) is 5.73 Å². The van der Waals surface area contributed by atoms with Crippen LogP contribution in [0.25, 0.3) is 0 Å². The number of benzene rings is 2. The van der Waals surface area contributed by atoms with E-state index in [-0.39, 0.29) is 11.5 Å². The number of ketones is 1. The van der Waals surface area contributed by atoms with E-state index in [0.717, 1.165) is 0 Å². The lowest BCUT2D eigenvalue weighted by molar-refractivity contribution is -0.384. The molecule has 0 saturated carbocycles. The molecule has 90 valence electrons. The summed E-state index contributed by atoms with van der Waals surface area (Å²) in [7, 11) is 0. The van der Waals surface area contributed by atoms with Gasteiger partial charge in [-0.3, -0.25) is 14.9 Å². The predicted octanol–water partition coefficient (Wildman–Crippen LogP) is 2.41. The summed E-state index contributed by atoms with van der Waals surface area (Å²) < 4.78 is 0. The zero-order chi connectivity index (χ0) is 13.1. The number of carbonyl (C=O) groups is 1. The number of non-ortho nitro benzene ring substituents is 1. The van der Waals surface area contributed by atoms with E-state index >= 15 is 0 Å². The van der Waals surface area contributed by atoms with Crippen molar-refractivity contribution in [2.45, 2.75) is 0 Å². The number of anilines is 1. The van der Waals surface area contributed by atoms with Gasteiger partial charge >= 0.3 is 0 Å². The smallest absolute Gasteiger partial charge is 0.269 e. The van der Waals surface area contributed by atoms with Crippen molar-refractivity contribution in [3.63, 3.8) is 0 Å². The number of hydrogen-bond acceptors (Lipinski definition) is 4. The third kappa shape index (κ3) is 2.35. The molecular weight excluding hydrogens is 232 g/mol. The Kier molecular flexibility index (Phi) is 3.05. The van der Waals surface area contributed by atoms with Crippen molar-refractivity contribution in [2.24, 2.45) is 0 Å². The molecule has 0 bridgehead atoms. The van der Waals surface area contributed by atoms with Crippen molar-refractivity contribution in [1.82, 2.24) is 0 Å². The van der Waals surface area contributed by atoms with Crippen LogP contribution in [-0.4, -0.2) is 10.7 Å². The van der Waals surface area contributed by atoms with Crippen molar-refractivity contribution in [3.05, 3.63) is 69.8 Å². The Hall–Kier alpha value is -2.69. The Morgan fingerprint density at radius 1 is 0.944 bits per heavy atom. The topological polar surface area (TPSA) is 86.2 Å². The van der Waals surface area contributed by atoms with E-state index in [9.17, 15) is 14.9 Å². The Bertz CT molecular complexity index is 589. The first-order valence-corrected chi connectivity index (χ1v) is 5.22. The van der Waals surface area contributed by atoms with E-state index in [2.05, 4.69) is 0 Å². The SMILES string of the molecule is Nc1ccc(C(=O)c2ccc([N+](=O)[O-])cc2)cc1. The molecule has 0 aliphatic heterocycles. The van der Waals surface area contributed by atoms with Gasteiger partial charge in [0.1, 0.15) is 0 Å². The first-order valence-electron chi connectivity index (χ1n) is 5.22. The van der Waals surface area contributed by atoms with Gasteiger partial charge in [0.2, 0.25) is 0 Å². The average Bonchev–Trinajstić information content (AvgIpc) is 2.39. The van der Waals surface area contributed by atoms with Crippen LogP contribution in [0.15, 0.2) is 48.5 Å². The molecule has 0 aromatic heterocycles. The van der Waals surface area contributed by atoms with Crippen molar-refractivity contribution >= 4 is 17.2 Å². The van der Waals surface area contributed by atoms with E-state index in [1.165, 1.54) is 24.3 Å². The fourth-order valence-electron chi connectivity index (χ4n) is 1.54. The second-order valence-electron chi connectivity index (χ2n) is 3.76. The zero-order valence-electron chi connectivity index (χ0n) is 9.37. The third-order valence-electron chi connectivity index (χ3n) is 2.51. The van der Waals surface area contributed by atoms with Gasteiger partial charge in [0, 0.05) is 28.9 Å². The monoisotopic (exact) mass is 242 g/mol. The number of nitrogen functional groups attached to an aromatic ring is 1. The van der Waals surface area contributed by atoms with Gasteiger partial charge in [-0.25, -0.2) is 0 Å². The van der Waals surface area contributed by atoms with Gasteiger partial charge in [0.05, 0.1) is 4.92 Å². The van der Waals surface area contributed by atoms with Crippen LogP contribution in [0.1, 0.15) is 15.9 Å². The van der Waals surface area contributed by atoms with Gasteiger partial charge in [0.15, 0.2) is 5.78 Å². The van der Waals surface area contributed by atoms with Crippen LogP contribution >= 0.6 is 0 Å². The van der Waals surface area contributed by atoms with Gasteiger partial charge < -0.3 is 5.73 Å². The van der Waals surface area contributed by atoms with Crippen LogP contribution in [0.5, 0.6) is 0 Å². The molecule has 5 heteroatoms. The lowest BCUT2D eigenvalue weighted by Crippen LogP contribution is -2.01. The maximum atomic E-state index is 12.0. The molecule has 0 unspecified atom stereocenters. The van der Waals surface area contributed by atoms with Gasteiger partial charge in [-0.2, -0.15) is 0 Å². The minimum absolute atomic E-state index is 0.0381. The van der Waals surface area contributed by atoms with Crippen LogP contribution in [0.3, 0.4) is 0 Å². The fraction of sp³-hybridized carbons (Fsp3) is 0. The number of carbonyl (C=O) groups excluding carboxylic acids is 1. The molecule has 0 amide bonds. The van der Waals surface area contributed by atoms with Gasteiger partial charge in [-0.15, -0.1) is 0 Å². The second kappa shape index (κ2) is 4.67. The minimum Gasteiger partial charge on any atom is -0.399 e. The molecule has 2 aromatic carbocycles. The molecule has 0 aliphatic rings. The summed E-state index contributed by atoms with van der Waals surface area (Å²) in [6.07, 6.45) is 0. The molecule has 0 radical (unpaired) electrons. The molecule has 2 N–H and O–H groups in total. The van der Waals surface area contributed by atoms with Crippen molar-refractivity contribution < 1.29 is 9.72 Å². The summed E-state index contributed by atoms with van der Waals surface area (Å²) in [6, 6.07) is 12.0. The number of nitrogens with zero attached hydrogens (tertiary/aromatic N) is 1. The number of rotatable bonds is 3. The van der Waals surface area contributed by atoms with Crippen molar-refractivity contribution in [3.8, 4) is 0 Å². The summed E-state index contributed by atoms with van der Waals surface area (Å²) in [4.78, 5) is 22.0. The summed E-state index contributed by atoms with van der Waals surface area (Å²) >= 11 is 0. The highest BCUT2D eigenvalue weighted by Gasteiger charge is 2.11. The molecule has 0 heterocycles. The molecule has 0 fully saturated rings. The zero-order valence-corrected chi connectivity index (χ0v) is 9.37. The van der Waals surface area contributed by atoms with E-state index in [0.29, 0.717) is 16.8 Å². The minimum atomic E-state index is -0.503. The molecule has 0 saturated heterocycles. The summed E-state index contributed by atoms with van der Waals surface area (Å²) in [5.74, 6) is -0.190. The molecular formula is C13H10N2O3. The second-order valence-corrected chi connectivity index (χ2v) is 3.76. The first kappa shape index (κ1) is 11.8. The first-order chi connectivity index (χ1) is 8.58. The highest BCUT2D eigenvalue weighted by atomic mass is 16.6. The maximum Gasteiger partial charge on any atom is 0.269 e. The largest absolute Gasteiger partial charge is 0.399 e. The van der Waals surface area contributed by atoms with E-state index in [1.54, 1.807) is 24.3 Å². The maximum absolute atomic E-state index is 12.0. The highest BCUT2D eigenvalue weighted by molar-refractivity contribution is 6.09. The van der Waals surface area contributed by atoms with Crippen molar-refractivity contribution in [1.29, 1.82) is 0 Å². The molecule has 2 aromatic rings. The quantitative estimate of drug-likeness (QED) is 0.387. The Morgan fingerprint density at radius 2 is 1.39 bits per heavy atom. The molecule has 2 rings (SSSR count). The molecule has 0 spiro atoms.